The molecule has 1 saturated carbocycles. The van der Waals surface area contributed by atoms with E-state index < -0.39 is 12.1 Å². The van der Waals surface area contributed by atoms with Gasteiger partial charge in [-0.05, 0) is 55.2 Å². The van der Waals surface area contributed by atoms with Gasteiger partial charge in [0.25, 0.3) is 0 Å². The van der Waals surface area contributed by atoms with Crippen LogP contribution in [0.15, 0.2) is 42.5 Å². The van der Waals surface area contributed by atoms with Gasteiger partial charge in [-0.3, -0.25) is 0 Å². The zero-order chi connectivity index (χ0) is 18.5. The smallest absolute Gasteiger partial charge is 0.224 e. The second-order valence-corrected chi connectivity index (χ2v) is 7.02. The lowest BCUT2D eigenvalue weighted by Crippen LogP contribution is -2.13. The molecule has 1 N–H and O–H groups in total. The molecule has 1 atom stereocenters. The summed E-state index contributed by atoms with van der Waals surface area (Å²) in [4.78, 5) is 0. The molecule has 3 nitrogen and oxygen atoms in total. The number of nitrogens with zero attached hydrogens (tertiary/aromatic N) is 1. The highest BCUT2D eigenvalue weighted by molar-refractivity contribution is 5.36. The first kappa shape index (κ1) is 18.4. The fourth-order valence-corrected chi connectivity index (χ4v) is 3.69. The van der Waals surface area contributed by atoms with Crippen LogP contribution in [0.25, 0.3) is 0 Å². The van der Waals surface area contributed by atoms with Crippen molar-refractivity contribution in [3.8, 4) is 11.8 Å². The third-order valence-electron chi connectivity index (χ3n) is 5.43. The second-order valence-electron chi connectivity index (χ2n) is 7.02. The Hall–Kier alpha value is -2.38. The number of halogens is 1. The van der Waals surface area contributed by atoms with Crippen LogP contribution < -0.4 is 4.74 Å². The maximum atomic E-state index is 13.6. The molecule has 0 aromatic heterocycles. The predicted octanol–water partition coefficient (Wildman–Crippen LogP) is 5.45. The van der Waals surface area contributed by atoms with E-state index >= 15 is 0 Å². The van der Waals surface area contributed by atoms with E-state index in [9.17, 15) is 9.50 Å². The molecule has 0 saturated heterocycles. The molecule has 0 amide bonds. The lowest BCUT2D eigenvalue weighted by atomic mass is 9.78. The van der Waals surface area contributed by atoms with Crippen molar-refractivity contribution in [2.24, 2.45) is 5.92 Å². The predicted molar refractivity (Wildman–Crippen MR) is 98.1 cm³/mol. The molecule has 2 aromatic rings. The Bertz CT molecular complexity index is 774. The van der Waals surface area contributed by atoms with Crippen LogP contribution in [0.1, 0.15) is 67.9 Å². The number of aliphatic hydroxyl groups excluding tert-OH is 1. The second kappa shape index (κ2) is 8.33. The summed E-state index contributed by atoms with van der Waals surface area (Å²) < 4.78 is 19.0. The van der Waals surface area contributed by atoms with E-state index in [1.54, 1.807) is 6.07 Å². The summed E-state index contributed by atoms with van der Waals surface area (Å²) in [5.41, 5.74) is 1.88. The summed E-state index contributed by atoms with van der Waals surface area (Å²) >= 11 is 0. The van der Waals surface area contributed by atoms with E-state index in [-0.39, 0.29) is 11.3 Å². The number of aliphatic hydroxyl groups is 1. The van der Waals surface area contributed by atoms with Gasteiger partial charge in [0, 0.05) is 11.6 Å². The Morgan fingerprint density at radius 3 is 2.42 bits per heavy atom. The van der Waals surface area contributed by atoms with Crippen molar-refractivity contribution >= 4 is 0 Å². The maximum Gasteiger partial charge on any atom is 0.224 e. The molecule has 1 aliphatic rings. The molecular formula is C22H24FNO2. The van der Waals surface area contributed by atoms with Crippen molar-refractivity contribution in [2.75, 3.05) is 0 Å². The molecule has 0 aliphatic heterocycles. The van der Waals surface area contributed by atoms with Gasteiger partial charge in [0.2, 0.25) is 6.29 Å². The van der Waals surface area contributed by atoms with E-state index in [4.69, 9.17) is 10.00 Å². The molecule has 0 heterocycles. The Morgan fingerprint density at radius 2 is 1.85 bits per heavy atom. The minimum Gasteiger partial charge on any atom is -0.461 e. The van der Waals surface area contributed by atoms with Crippen LogP contribution in [0, 0.1) is 23.1 Å². The number of rotatable bonds is 5. The zero-order valence-corrected chi connectivity index (χ0v) is 15.0. The molecule has 136 valence electrons. The summed E-state index contributed by atoms with van der Waals surface area (Å²) in [5, 5.41) is 19.0. The lowest BCUT2D eigenvalue weighted by Gasteiger charge is -2.28. The molecule has 1 fully saturated rings. The summed E-state index contributed by atoms with van der Waals surface area (Å²) in [6.07, 6.45) is 5.12. The zero-order valence-electron chi connectivity index (χ0n) is 15.0. The molecular weight excluding hydrogens is 329 g/mol. The average molecular weight is 353 g/mol. The van der Waals surface area contributed by atoms with Crippen molar-refractivity contribution in [1.29, 1.82) is 5.26 Å². The molecule has 26 heavy (non-hydrogen) atoms. The van der Waals surface area contributed by atoms with Crippen LogP contribution in [0.3, 0.4) is 0 Å². The van der Waals surface area contributed by atoms with Crippen LogP contribution in [0.2, 0.25) is 0 Å². The SMILES string of the molecule is CCC1CCC(c2ccc(C(O)Oc3ccc(C#N)c(F)c3)cc2)CC1. The van der Waals surface area contributed by atoms with E-state index in [0.29, 0.717) is 11.5 Å². The molecule has 1 aliphatic carbocycles. The number of benzene rings is 2. The Morgan fingerprint density at radius 1 is 1.15 bits per heavy atom. The van der Waals surface area contributed by atoms with Crippen molar-refractivity contribution in [1.82, 2.24) is 0 Å². The lowest BCUT2D eigenvalue weighted by molar-refractivity contribution is -0.0196. The first-order valence-electron chi connectivity index (χ1n) is 9.25. The Labute approximate surface area is 154 Å². The van der Waals surface area contributed by atoms with Gasteiger partial charge >= 0.3 is 0 Å². The number of nitriles is 1. The van der Waals surface area contributed by atoms with Gasteiger partial charge in [-0.2, -0.15) is 5.26 Å². The van der Waals surface area contributed by atoms with Crippen molar-refractivity contribution in [3.05, 3.63) is 65.0 Å². The van der Waals surface area contributed by atoms with Gasteiger partial charge in [0.05, 0.1) is 5.56 Å². The van der Waals surface area contributed by atoms with E-state index in [2.05, 4.69) is 19.1 Å². The van der Waals surface area contributed by atoms with Crippen LogP contribution in [0.4, 0.5) is 4.39 Å². The van der Waals surface area contributed by atoms with E-state index in [1.165, 1.54) is 49.8 Å². The minimum atomic E-state index is -1.17. The maximum absolute atomic E-state index is 13.6. The Balaban J connectivity index is 1.63. The highest BCUT2D eigenvalue weighted by atomic mass is 19.1. The van der Waals surface area contributed by atoms with Crippen molar-refractivity contribution < 1.29 is 14.2 Å². The fraction of sp³-hybridized carbons (Fsp3) is 0.409. The summed E-state index contributed by atoms with van der Waals surface area (Å²) in [7, 11) is 0. The first-order chi connectivity index (χ1) is 12.6. The quantitative estimate of drug-likeness (QED) is 0.727. The minimum absolute atomic E-state index is 0.0472. The van der Waals surface area contributed by atoms with Crippen LogP contribution in [-0.4, -0.2) is 5.11 Å². The largest absolute Gasteiger partial charge is 0.461 e. The van der Waals surface area contributed by atoms with E-state index in [1.807, 2.05) is 12.1 Å². The van der Waals surface area contributed by atoms with Gasteiger partial charge < -0.3 is 9.84 Å². The topological polar surface area (TPSA) is 53.2 Å². The average Bonchev–Trinajstić information content (AvgIpc) is 2.68. The van der Waals surface area contributed by atoms with Gasteiger partial charge in [-0.15, -0.1) is 0 Å². The number of hydrogen-bond donors (Lipinski definition) is 1. The van der Waals surface area contributed by atoms with Gasteiger partial charge in [-0.25, -0.2) is 4.39 Å². The van der Waals surface area contributed by atoms with Gasteiger partial charge in [-0.1, -0.05) is 37.6 Å². The van der Waals surface area contributed by atoms with E-state index in [0.717, 1.165) is 12.0 Å². The first-order valence-corrected chi connectivity index (χ1v) is 9.25. The number of hydrogen-bond acceptors (Lipinski definition) is 3. The molecule has 0 radical (unpaired) electrons. The van der Waals surface area contributed by atoms with Gasteiger partial charge in [0.1, 0.15) is 17.6 Å². The molecule has 4 heteroatoms. The van der Waals surface area contributed by atoms with Crippen LogP contribution in [-0.2, 0) is 0 Å². The third-order valence-corrected chi connectivity index (χ3v) is 5.43. The standard InChI is InChI=1S/C22H24FNO2/c1-2-15-3-5-16(6-4-15)17-7-9-18(10-8-17)22(25)26-20-12-11-19(14-24)21(23)13-20/h7-13,15-16,22,25H,2-6H2,1H3. The molecule has 0 spiro atoms. The van der Waals surface area contributed by atoms with Gasteiger partial charge in [0.15, 0.2) is 0 Å². The highest BCUT2D eigenvalue weighted by Gasteiger charge is 2.21. The van der Waals surface area contributed by atoms with Crippen molar-refractivity contribution in [2.45, 2.75) is 51.2 Å². The summed E-state index contributed by atoms with van der Waals surface area (Å²) in [5.74, 6) is 0.997. The summed E-state index contributed by atoms with van der Waals surface area (Å²) in [6, 6.07) is 13.5. The fourth-order valence-electron chi connectivity index (χ4n) is 3.69. The monoisotopic (exact) mass is 353 g/mol. The molecule has 3 rings (SSSR count). The summed E-state index contributed by atoms with van der Waals surface area (Å²) in [6.45, 7) is 2.26. The molecule has 2 aromatic carbocycles. The molecule has 1 unspecified atom stereocenters. The number of ether oxygens (including phenoxy) is 1. The van der Waals surface area contributed by atoms with Crippen molar-refractivity contribution in [3.63, 3.8) is 0 Å². The highest BCUT2D eigenvalue weighted by Crippen LogP contribution is 2.37. The van der Waals surface area contributed by atoms with Crippen LogP contribution >= 0.6 is 0 Å². The normalized spacial score (nSPS) is 21.0. The molecule has 0 bridgehead atoms. The van der Waals surface area contributed by atoms with Crippen LogP contribution in [0.5, 0.6) is 5.75 Å². The Kier molecular flexibility index (Phi) is 5.90. The third kappa shape index (κ3) is 4.23.